The number of ether oxygens (including phenoxy) is 2. The molecule has 1 aromatic carbocycles. The Hall–Kier alpha value is -1.78. The number of benzene rings is 1. The van der Waals surface area contributed by atoms with E-state index >= 15 is 0 Å². The fourth-order valence-electron chi connectivity index (χ4n) is 2.96. The number of carbonyl (C=O) groups excluding carboxylic acids is 1. The van der Waals surface area contributed by atoms with E-state index in [1.54, 1.807) is 17.0 Å². The third-order valence-corrected chi connectivity index (χ3v) is 3.86. The number of carbonyl (C=O) groups is 1. The molecule has 2 aliphatic heterocycles. The standard InChI is InChI=1S/C16H20FNO3/c1-16(2,3)21-15(19)18-7-6-11-12-8-10(17)4-5-13(12)20-14(11)9-18/h4-5,8,11,14H,6-7,9H2,1-3H3. The van der Waals surface area contributed by atoms with Crippen molar-refractivity contribution >= 4 is 6.09 Å². The van der Waals surface area contributed by atoms with Crippen LogP contribution in [0.15, 0.2) is 18.2 Å². The van der Waals surface area contributed by atoms with Crippen molar-refractivity contribution in [2.75, 3.05) is 13.1 Å². The summed E-state index contributed by atoms with van der Waals surface area (Å²) in [5, 5.41) is 0. The lowest BCUT2D eigenvalue weighted by atomic mass is 9.89. The van der Waals surface area contributed by atoms with E-state index in [0.717, 1.165) is 17.7 Å². The largest absolute Gasteiger partial charge is 0.488 e. The second-order valence-corrected chi connectivity index (χ2v) is 6.66. The lowest BCUT2D eigenvalue weighted by Crippen LogP contribution is -2.47. The molecule has 5 heteroatoms. The highest BCUT2D eigenvalue weighted by Crippen LogP contribution is 2.42. The van der Waals surface area contributed by atoms with Gasteiger partial charge in [0.15, 0.2) is 0 Å². The molecule has 2 aliphatic rings. The summed E-state index contributed by atoms with van der Waals surface area (Å²) >= 11 is 0. The van der Waals surface area contributed by atoms with Gasteiger partial charge in [-0.3, -0.25) is 0 Å². The van der Waals surface area contributed by atoms with Gasteiger partial charge in [-0.1, -0.05) is 0 Å². The summed E-state index contributed by atoms with van der Waals surface area (Å²) < 4.78 is 24.6. The Morgan fingerprint density at radius 3 is 2.90 bits per heavy atom. The monoisotopic (exact) mass is 293 g/mol. The number of hydrogen-bond acceptors (Lipinski definition) is 3. The highest BCUT2D eigenvalue weighted by atomic mass is 19.1. The first-order valence-electron chi connectivity index (χ1n) is 7.27. The SMILES string of the molecule is CC(C)(C)OC(=O)N1CCC2c3cc(F)ccc3OC2C1. The molecule has 2 heterocycles. The average molecular weight is 293 g/mol. The van der Waals surface area contributed by atoms with E-state index in [-0.39, 0.29) is 23.9 Å². The number of likely N-dealkylation sites (tertiary alicyclic amines) is 1. The maximum atomic E-state index is 13.4. The van der Waals surface area contributed by atoms with Crippen molar-refractivity contribution in [1.82, 2.24) is 4.90 Å². The predicted octanol–water partition coefficient (Wildman–Crippen LogP) is 3.31. The Kier molecular flexibility index (Phi) is 3.30. The van der Waals surface area contributed by atoms with Gasteiger partial charge in [0.05, 0.1) is 6.54 Å². The van der Waals surface area contributed by atoms with Crippen LogP contribution in [0.25, 0.3) is 0 Å². The number of fused-ring (bicyclic) bond motifs is 3. The molecule has 4 nitrogen and oxygen atoms in total. The van der Waals surface area contributed by atoms with E-state index in [1.807, 2.05) is 20.8 Å². The first-order valence-corrected chi connectivity index (χ1v) is 7.27. The molecule has 2 unspecified atom stereocenters. The molecule has 114 valence electrons. The Balaban J connectivity index is 1.71. The van der Waals surface area contributed by atoms with Gasteiger partial charge in [0.1, 0.15) is 23.3 Å². The van der Waals surface area contributed by atoms with E-state index in [0.29, 0.717) is 13.1 Å². The van der Waals surface area contributed by atoms with Crippen molar-refractivity contribution in [2.45, 2.75) is 44.8 Å². The normalized spacial score (nSPS) is 24.1. The average Bonchev–Trinajstić information content (AvgIpc) is 2.73. The molecular weight excluding hydrogens is 273 g/mol. The fraction of sp³-hybridized carbons (Fsp3) is 0.562. The molecule has 0 aliphatic carbocycles. The molecule has 2 atom stereocenters. The predicted molar refractivity (Wildman–Crippen MR) is 76.0 cm³/mol. The van der Waals surface area contributed by atoms with Gasteiger partial charge < -0.3 is 14.4 Å². The van der Waals surface area contributed by atoms with E-state index in [1.165, 1.54) is 6.07 Å². The number of hydrogen-bond donors (Lipinski definition) is 0. The van der Waals surface area contributed by atoms with Crippen LogP contribution in [-0.2, 0) is 4.74 Å². The highest BCUT2D eigenvalue weighted by Gasteiger charge is 2.41. The first-order chi connectivity index (χ1) is 9.83. The summed E-state index contributed by atoms with van der Waals surface area (Å²) in [5.74, 6) is 0.652. The molecule has 0 aromatic heterocycles. The van der Waals surface area contributed by atoms with Crippen LogP contribution in [0.3, 0.4) is 0 Å². The second kappa shape index (κ2) is 4.90. The Bertz CT molecular complexity index is 567. The molecule has 0 spiro atoms. The smallest absolute Gasteiger partial charge is 0.410 e. The summed E-state index contributed by atoms with van der Waals surface area (Å²) in [6.45, 7) is 6.64. The number of amides is 1. The van der Waals surface area contributed by atoms with Crippen LogP contribution in [0.4, 0.5) is 9.18 Å². The Labute approximate surface area is 123 Å². The molecule has 1 amide bonds. The molecule has 1 aromatic rings. The van der Waals surface area contributed by atoms with Gasteiger partial charge in [0, 0.05) is 18.0 Å². The van der Waals surface area contributed by atoms with Crippen molar-refractivity contribution in [3.63, 3.8) is 0 Å². The zero-order valence-corrected chi connectivity index (χ0v) is 12.6. The van der Waals surface area contributed by atoms with E-state index in [4.69, 9.17) is 9.47 Å². The minimum atomic E-state index is -0.503. The summed E-state index contributed by atoms with van der Waals surface area (Å²) in [6.07, 6.45) is 0.343. The van der Waals surface area contributed by atoms with Crippen LogP contribution >= 0.6 is 0 Å². The van der Waals surface area contributed by atoms with Gasteiger partial charge in [-0.15, -0.1) is 0 Å². The van der Waals surface area contributed by atoms with Gasteiger partial charge >= 0.3 is 6.09 Å². The summed E-state index contributed by atoms with van der Waals surface area (Å²) in [6, 6.07) is 4.62. The number of nitrogens with zero attached hydrogens (tertiary/aromatic N) is 1. The first kappa shape index (κ1) is 14.2. The molecule has 1 saturated heterocycles. The second-order valence-electron chi connectivity index (χ2n) is 6.66. The van der Waals surface area contributed by atoms with Gasteiger partial charge in [0.2, 0.25) is 0 Å². The minimum Gasteiger partial charge on any atom is -0.488 e. The molecule has 0 N–H and O–H groups in total. The Morgan fingerprint density at radius 2 is 2.19 bits per heavy atom. The minimum absolute atomic E-state index is 0.108. The van der Waals surface area contributed by atoms with Crippen molar-refractivity contribution < 1.29 is 18.7 Å². The van der Waals surface area contributed by atoms with E-state index < -0.39 is 5.60 Å². The topological polar surface area (TPSA) is 38.8 Å². The third-order valence-electron chi connectivity index (χ3n) is 3.86. The summed E-state index contributed by atoms with van der Waals surface area (Å²) in [5.41, 5.74) is 0.417. The van der Waals surface area contributed by atoms with Crippen LogP contribution in [-0.4, -0.2) is 35.8 Å². The van der Waals surface area contributed by atoms with Crippen molar-refractivity contribution in [3.05, 3.63) is 29.6 Å². The van der Waals surface area contributed by atoms with Gasteiger partial charge in [-0.05, 0) is 45.4 Å². The fourth-order valence-corrected chi connectivity index (χ4v) is 2.96. The van der Waals surface area contributed by atoms with Crippen LogP contribution in [0.1, 0.15) is 38.7 Å². The van der Waals surface area contributed by atoms with E-state index in [9.17, 15) is 9.18 Å². The third kappa shape index (κ3) is 2.82. The summed E-state index contributed by atoms with van der Waals surface area (Å²) in [7, 11) is 0. The van der Waals surface area contributed by atoms with Gasteiger partial charge in [-0.25, -0.2) is 9.18 Å². The molecule has 0 bridgehead atoms. The zero-order chi connectivity index (χ0) is 15.2. The van der Waals surface area contributed by atoms with Crippen LogP contribution in [0.5, 0.6) is 5.75 Å². The van der Waals surface area contributed by atoms with Crippen molar-refractivity contribution in [3.8, 4) is 5.75 Å². The van der Waals surface area contributed by atoms with Gasteiger partial charge in [0.25, 0.3) is 0 Å². The highest BCUT2D eigenvalue weighted by molar-refractivity contribution is 5.68. The zero-order valence-electron chi connectivity index (χ0n) is 12.6. The number of piperidine rings is 1. The molecule has 1 fully saturated rings. The van der Waals surface area contributed by atoms with Crippen molar-refractivity contribution in [2.24, 2.45) is 0 Å². The van der Waals surface area contributed by atoms with Gasteiger partial charge in [-0.2, -0.15) is 0 Å². The quantitative estimate of drug-likeness (QED) is 0.736. The summed E-state index contributed by atoms with van der Waals surface area (Å²) in [4.78, 5) is 13.8. The number of halogens is 1. The molecule has 3 rings (SSSR count). The number of rotatable bonds is 0. The molecule has 0 saturated carbocycles. The maximum absolute atomic E-state index is 13.4. The lowest BCUT2D eigenvalue weighted by Gasteiger charge is -2.35. The van der Waals surface area contributed by atoms with Crippen LogP contribution in [0.2, 0.25) is 0 Å². The Morgan fingerprint density at radius 1 is 1.43 bits per heavy atom. The van der Waals surface area contributed by atoms with E-state index in [2.05, 4.69) is 0 Å². The lowest BCUT2D eigenvalue weighted by molar-refractivity contribution is 0.00789. The maximum Gasteiger partial charge on any atom is 0.410 e. The van der Waals surface area contributed by atoms with Crippen LogP contribution in [0, 0.1) is 5.82 Å². The molecule has 0 radical (unpaired) electrons. The van der Waals surface area contributed by atoms with Crippen molar-refractivity contribution in [1.29, 1.82) is 0 Å². The van der Waals surface area contributed by atoms with Crippen LogP contribution < -0.4 is 4.74 Å². The molecule has 21 heavy (non-hydrogen) atoms. The molecular formula is C16H20FNO3.